The fourth-order valence-electron chi connectivity index (χ4n) is 2.35. The molecule has 2 heteroatoms. The molecule has 0 rings (SSSR count). The predicted molar refractivity (Wildman–Crippen MR) is 84.1 cm³/mol. The molecule has 0 saturated heterocycles. The van der Waals surface area contributed by atoms with Crippen LogP contribution in [0, 0.1) is 22.7 Å². The summed E-state index contributed by atoms with van der Waals surface area (Å²) in [5, 5.41) is 3.15. The Hall–Kier alpha value is -0.530. The van der Waals surface area contributed by atoms with E-state index >= 15 is 0 Å². The summed E-state index contributed by atoms with van der Waals surface area (Å²) < 4.78 is 0. The lowest BCUT2D eigenvalue weighted by Gasteiger charge is -2.30. The average Bonchev–Trinajstić information content (AvgIpc) is 2.12. The summed E-state index contributed by atoms with van der Waals surface area (Å²) in [6, 6.07) is 0.250. The van der Waals surface area contributed by atoms with Crippen LogP contribution in [0.2, 0.25) is 0 Å². The van der Waals surface area contributed by atoms with E-state index in [-0.39, 0.29) is 28.7 Å². The van der Waals surface area contributed by atoms with Crippen LogP contribution in [0.3, 0.4) is 0 Å². The fourth-order valence-corrected chi connectivity index (χ4v) is 2.35. The Morgan fingerprint density at radius 1 is 1.00 bits per heavy atom. The van der Waals surface area contributed by atoms with E-state index in [0.717, 1.165) is 12.8 Å². The van der Waals surface area contributed by atoms with Gasteiger partial charge in [0, 0.05) is 12.0 Å². The lowest BCUT2D eigenvalue weighted by Crippen LogP contribution is -2.39. The van der Waals surface area contributed by atoms with Crippen molar-refractivity contribution in [3.05, 3.63) is 0 Å². The number of carbonyl (C=O) groups excluding carboxylic acids is 1. The normalized spacial score (nSPS) is 17.7. The minimum Gasteiger partial charge on any atom is -0.353 e. The van der Waals surface area contributed by atoms with Gasteiger partial charge in [-0.1, -0.05) is 55.4 Å². The molecular formula is C17H35NO. The summed E-state index contributed by atoms with van der Waals surface area (Å²) in [4.78, 5) is 12.2. The Labute approximate surface area is 120 Å². The molecule has 0 aliphatic heterocycles. The summed E-state index contributed by atoms with van der Waals surface area (Å²) in [7, 11) is 0. The first-order valence-electron chi connectivity index (χ1n) is 7.63. The molecule has 0 aromatic heterocycles. The quantitative estimate of drug-likeness (QED) is 0.774. The van der Waals surface area contributed by atoms with E-state index < -0.39 is 0 Å². The van der Waals surface area contributed by atoms with Crippen molar-refractivity contribution in [1.82, 2.24) is 5.32 Å². The Balaban J connectivity index is 4.28. The van der Waals surface area contributed by atoms with Crippen LogP contribution in [-0.2, 0) is 4.79 Å². The molecule has 0 aromatic rings. The number of nitrogens with one attached hydrogen (secondary N) is 1. The molecule has 0 bridgehead atoms. The van der Waals surface area contributed by atoms with Crippen LogP contribution in [0.5, 0.6) is 0 Å². The molecule has 3 unspecified atom stereocenters. The molecule has 0 spiro atoms. The summed E-state index contributed by atoms with van der Waals surface area (Å²) >= 11 is 0. The van der Waals surface area contributed by atoms with Crippen LogP contribution < -0.4 is 5.32 Å². The standard InChI is InChI=1S/C17H35NO/c1-12(10-13(2)17(7,8)9)15(19)18-14(3)11-16(4,5)6/h12-14H,10-11H2,1-9H3,(H,18,19). The van der Waals surface area contributed by atoms with Crippen molar-refractivity contribution in [2.45, 2.75) is 81.2 Å². The average molecular weight is 269 g/mol. The first-order chi connectivity index (χ1) is 8.33. The molecule has 19 heavy (non-hydrogen) atoms. The predicted octanol–water partition coefficient (Wildman–Crippen LogP) is 4.64. The Morgan fingerprint density at radius 2 is 1.47 bits per heavy atom. The monoisotopic (exact) mass is 269 g/mol. The van der Waals surface area contributed by atoms with Crippen LogP contribution in [-0.4, -0.2) is 11.9 Å². The van der Waals surface area contributed by atoms with Gasteiger partial charge in [0.15, 0.2) is 0 Å². The van der Waals surface area contributed by atoms with E-state index in [1.807, 2.05) is 6.92 Å². The molecule has 114 valence electrons. The van der Waals surface area contributed by atoms with Crippen molar-refractivity contribution in [2.24, 2.45) is 22.7 Å². The van der Waals surface area contributed by atoms with Crippen LogP contribution in [0.4, 0.5) is 0 Å². The lowest BCUT2D eigenvalue weighted by atomic mass is 9.77. The zero-order chi connectivity index (χ0) is 15.4. The van der Waals surface area contributed by atoms with Crippen LogP contribution in [0.1, 0.15) is 75.2 Å². The molecule has 0 fully saturated rings. The largest absolute Gasteiger partial charge is 0.353 e. The number of hydrogen-bond acceptors (Lipinski definition) is 1. The molecule has 0 aliphatic rings. The van der Waals surface area contributed by atoms with Crippen molar-refractivity contribution in [3.8, 4) is 0 Å². The van der Waals surface area contributed by atoms with Gasteiger partial charge in [-0.15, -0.1) is 0 Å². The number of rotatable bonds is 5. The van der Waals surface area contributed by atoms with Gasteiger partial charge in [0.1, 0.15) is 0 Å². The van der Waals surface area contributed by atoms with Crippen LogP contribution in [0.25, 0.3) is 0 Å². The van der Waals surface area contributed by atoms with E-state index in [4.69, 9.17) is 0 Å². The van der Waals surface area contributed by atoms with E-state index in [1.54, 1.807) is 0 Å². The molecule has 0 heterocycles. The first kappa shape index (κ1) is 18.5. The van der Waals surface area contributed by atoms with Crippen molar-refractivity contribution in [1.29, 1.82) is 0 Å². The van der Waals surface area contributed by atoms with Gasteiger partial charge in [0.2, 0.25) is 5.91 Å². The second-order valence-electron chi connectivity index (χ2n) is 8.58. The van der Waals surface area contributed by atoms with E-state index in [0.29, 0.717) is 5.92 Å². The first-order valence-corrected chi connectivity index (χ1v) is 7.63. The van der Waals surface area contributed by atoms with E-state index in [2.05, 4.69) is 60.7 Å². The molecule has 3 atom stereocenters. The molecule has 0 aliphatic carbocycles. The number of amides is 1. The highest BCUT2D eigenvalue weighted by molar-refractivity contribution is 5.78. The maximum atomic E-state index is 12.2. The van der Waals surface area contributed by atoms with Gasteiger partial charge in [-0.2, -0.15) is 0 Å². The van der Waals surface area contributed by atoms with Gasteiger partial charge in [0.05, 0.1) is 0 Å². The summed E-state index contributed by atoms with van der Waals surface area (Å²) in [6.07, 6.45) is 1.97. The zero-order valence-electron chi connectivity index (χ0n) is 14.6. The van der Waals surface area contributed by atoms with Gasteiger partial charge < -0.3 is 5.32 Å². The van der Waals surface area contributed by atoms with Gasteiger partial charge in [-0.3, -0.25) is 4.79 Å². The zero-order valence-corrected chi connectivity index (χ0v) is 14.6. The molecule has 0 saturated carbocycles. The fraction of sp³-hybridized carbons (Fsp3) is 0.941. The Bertz CT molecular complexity index is 283. The molecule has 0 aromatic carbocycles. The SMILES string of the molecule is CC(CC(C)(C)C)NC(=O)C(C)CC(C)C(C)(C)C. The van der Waals surface area contributed by atoms with Crippen molar-refractivity contribution in [2.75, 3.05) is 0 Å². The van der Waals surface area contributed by atoms with E-state index in [9.17, 15) is 4.79 Å². The summed E-state index contributed by atoms with van der Waals surface area (Å²) in [5.74, 6) is 0.843. The number of hydrogen-bond donors (Lipinski definition) is 1. The third-order valence-electron chi connectivity index (χ3n) is 3.94. The van der Waals surface area contributed by atoms with Crippen LogP contribution >= 0.6 is 0 Å². The summed E-state index contributed by atoms with van der Waals surface area (Å²) in [5.41, 5.74) is 0.528. The van der Waals surface area contributed by atoms with Gasteiger partial charge in [-0.25, -0.2) is 0 Å². The summed E-state index contributed by atoms with van der Waals surface area (Å²) in [6.45, 7) is 19.7. The highest BCUT2D eigenvalue weighted by atomic mass is 16.1. The molecule has 1 N–H and O–H groups in total. The maximum Gasteiger partial charge on any atom is 0.223 e. The second kappa shape index (κ2) is 6.76. The van der Waals surface area contributed by atoms with E-state index in [1.165, 1.54) is 0 Å². The molecular weight excluding hydrogens is 234 g/mol. The van der Waals surface area contributed by atoms with Gasteiger partial charge in [0.25, 0.3) is 0 Å². The smallest absolute Gasteiger partial charge is 0.223 e. The third kappa shape index (κ3) is 8.28. The highest BCUT2D eigenvalue weighted by Crippen LogP contribution is 2.30. The van der Waals surface area contributed by atoms with Crippen LogP contribution in [0.15, 0.2) is 0 Å². The van der Waals surface area contributed by atoms with Gasteiger partial charge >= 0.3 is 0 Å². The van der Waals surface area contributed by atoms with Crippen molar-refractivity contribution >= 4 is 5.91 Å². The molecule has 0 radical (unpaired) electrons. The molecule has 2 nitrogen and oxygen atoms in total. The third-order valence-corrected chi connectivity index (χ3v) is 3.94. The van der Waals surface area contributed by atoms with Gasteiger partial charge in [-0.05, 0) is 36.5 Å². The Morgan fingerprint density at radius 3 is 1.84 bits per heavy atom. The molecule has 1 amide bonds. The Kier molecular flexibility index (Phi) is 6.57. The minimum absolute atomic E-state index is 0.0941. The lowest BCUT2D eigenvalue weighted by molar-refractivity contribution is -0.126. The minimum atomic E-state index is 0.0941. The topological polar surface area (TPSA) is 29.1 Å². The number of carbonyl (C=O) groups is 1. The highest BCUT2D eigenvalue weighted by Gasteiger charge is 2.26. The van der Waals surface area contributed by atoms with Crippen molar-refractivity contribution in [3.63, 3.8) is 0 Å². The van der Waals surface area contributed by atoms with Crippen molar-refractivity contribution < 1.29 is 4.79 Å². The second-order valence-corrected chi connectivity index (χ2v) is 8.58. The maximum absolute atomic E-state index is 12.2.